The first-order valence-electron chi connectivity index (χ1n) is 24.4. The van der Waals surface area contributed by atoms with Gasteiger partial charge in [0.15, 0.2) is 37.7 Å². The number of quaternary nitrogens is 4. The van der Waals surface area contributed by atoms with E-state index in [-0.39, 0.29) is 112 Å². The van der Waals surface area contributed by atoms with Gasteiger partial charge in [-0.25, -0.2) is 14.4 Å². The van der Waals surface area contributed by atoms with Crippen molar-refractivity contribution in [3.05, 3.63) is 65.2 Å². The maximum atomic E-state index is 14.2. The Bertz CT molecular complexity index is 2280. The number of benzene rings is 2. The van der Waals surface area contributed by atoms with Crippen molar-refractivity contribution < 1.29 is 81.5 Å². The lowest BCUT2D eigenvalue weighted by molar-refractivity contribution is -1.36. The Morgan fingerprint density at radius 1 is 0.643 bits per heavy atom. The average molecular weight is 978 g/mol. The van der Waals surface area contributed by atoms with Crippen LogP contribution in [-0.4, -0.2) is 182 Å². The summed E-state index contributed by atoms with van der Waals surface area (Å²) in [5, 5.41) is 46.2. The third-order valence-corrected chi connectivity index (χ3v) is 16.1. The number of aromatic hydroxyl groups is 1. The smallest absolute Gasteiger partial charge is 0.483 e. The predicted molar refractivity (Wildman–Crippen MR) is 250 cm³/mol. The highest BCUT2D eigenvalue weighted by Gasteiger charge is 2.99. The number of aliphatic carboxylic acids is 3. The standard InChI is InChI=1S/C50H67N7O13/c1-4-33(2)47(53-49(70)39(25-34(3)58)26-36-10-13-40(59)14-11-36)42(61)27-38(12-16-43(51)62)48(69)52-28-37-7-5-35(6-8-37)9-15-41(60)29-54-17-19-55(30-44(63)64)21-23-57(32-46(67)68)24-22-56(20-18-54,31-45(65)66)50(54,55)57/h5-8,10-11,13-14,33,38-39,47H,4,9,12,15-32H2,1-3H3,(H4-4,51,52,53,59,62,63,64,65,66,67,68,69,70)/p+4/t33?,38-,39+,47+,50?,54?,55?,56?,57?/m1/s1. The van der Waals surface area contributed by atoms with Crippen molar-refractivity contribution in [1.82, 2.24) is 10.6 Å². The number of hydrogen-bond acceptors (Lipinski definition) is 10. The van der Waals surface area contributed by atoms with Gasteiger partial charge in [-0.15, -0.1) is 13.4 Å². The number of Topliss-reactive ketones (excluding diaryl/α,β-unsaturated/α-hetero) is 3. The van der Waals surface area contributed by atoms with E-state index in [1.165, 1.54) is 19.1 Å². The number of amides is 3. The van der Waals surface area contributed by atoms with E-state index >= 15 is 0 Å². The van der Waals surface area contributed by atoms with Crippen LogP contribution in [0.25, 0.3) is 0 Å². The Labute approximate surface area is 407 Å². The third-order valence-electron chi connectivity index (χ3n) is 16.1. The number of hydrogen-bond donors (Lipinski definition) is 7. The zero-order valence-corrected chi connectivity index (χ0v) is 40.6. The molecular formula is C50H71N7O13+4. The first-order valence-corrected chi connectivity index (χ1v) is 24.4. The quantitative estimate of drug-likeness (QED) is 0.0585. The van der Waals surface area contributed by atoms with E-state index < -0.39 is 65.2 Å². The van der Waals surface area contributed by atoms with Crippen molar-refractivity contribution in [2.45, 2.75) is 90.6 Å². The molecule has 380 valence electrons. The normalized spacial score (nSPS) is 26.8. The molecule has 2 aromatic rings. The monoisotopic (exact) mass is 978 g/mol. The Morgan fingerprint density at radius 2 is 1.11 bits per heavy atom. The number of aryl methyl sites for hydroxylation is 1. The molecule has 4 heterocycles. The number of carbonyl (C=O) groups is 9. The number of nitrogens with zero attached hydrogens (tertiary/aromatic N) is 4. The maximum absolute atomic E-state index is 14.2. The van der Waals surface area contributed by atoms with E-state index in [1.54, 1.807) is 24.3 Å². The van der Waals surface area contributed by atoms with Crippen LogP contribution in [0.5, 0.6) is 5.75 Å². The number of primary amides is 1. The van der Waals surface area contributed by atoms with Gasteiger partial charge in [0.1, 0.15) is 63.9 Å². The number of carbonyl (C=O) groups excluding carboxylic acids is 6. The zero-order valence-electron chi connectivity index (χ0n) is 40.6. The Kier molecular flexibility index (Phi) is 16.4. The Balaban J connectivity index is 1.10. The first-order chi connectivity index (χ1) is 33.0. The highest BCUT2D eigenvalue weighted by molar-refractivity contribution is 5.94. The summed E-state index contributed by atoms with van der Waals surface area (Å²) in [6.45, 7) is 7.59. The topological polar surface area (TPSA) is 285 Å². The number of carboxylic acid groups (broad SMARTS) is 3. The van der Waals surface area contributed by atoms with Crippen LogP contribution in [-0.2, 0) is 62.5 Å². The second-order valence-corrected chi connectivity index (χ2v) is 20.6. The van der Waals surface area contributed by atoms with E-state index in [1.807, 2.05) is 26.0 Å². The molecule has 70 heavy (non-hydrogen) atoms. The molecule has 4 saturated heterocycles. The van der Waals surface area contributed by atoms with Crippen LogP contribution < -0.4 is 16.4 Å². The summed E-state index contributed by atoms with van der Waals surface area (Å²) < 4.78 is 0.336. The number of ketones is 3. The van der Waals surface area contributed by atoms with E-state index in [2.05, 4.69) is 10.6 Å². The van der Waals surface area contributed by atoms with Crippen LogP contribution in [0.2, 0.25) is 0 Å². The van der Waals surface area contributed by atoms with E-state index in [9.17, 15) is 63.6 Å². The van der Waals surface area contributed by atoms with Gasteiger partial charge in [0.25, 0.3) is 0 Å². The van der Waals surface area contributed by atoms with Crippen molar-refractivity contribution in [2.24, 2.45) is 23.5 Å². The molecule has 4 aliphatic rings. The second kappa shape index (κ2) is 21.5. The summed E-state index contributed by atoms with van der Waals surface area (Å²) in [6.07, 6.45) is 0.730. The van der Waals surface area contributed by atoms with Gasteiger partial charge in [0.2, 0.25) is 17.7 Å². The minimum atomic E-state index is -1.15. The number of nitrogens with one attached hydrogen (secondary N) is 2. The van der Waals surface area contributed by atoms with Crippen molar-refractivity contribution in [2.75, 3.05) is 78.5 Å². The molecule has 20 heteroatoms. The van der Waals surface area contributed by atoms with Gasteiger partial charge in [-0.1, -0.05) is 56.7 Å². The molecule has 4 fully saturated rings. The number of carboxylic acids is 3. The minimum absolute atomic E-state index is 0.00530. The van der Waals surface area contributed by atoms with Gasteiger partial charge in [-0.2, -0.15) is 4.48 Å². The molecule has 1 spiro atoms. The van der Waals surface area contributed by atoms with Crippen molar-refractivity contribution in [3.63, 3.8) is 0 Å². The molecule has 0 aliphatic carbocycles. The van der Waals surface area contributed by atoms with Crippen LogP contribution in [0.4, 0.5) is 0 Å². The number of phenolic OH excluding ortho intramolecular Hbond substituents is 1. The molecule has 6 rings (SSSR count). The van der Waals surface area contributed by atoms with Crippen LogP contribution in [0, 0.1) is 17.8 Å². The molecular weight excluding hydrogens is 907 g/mol. The molecule has 0 bridgehead atoms. The number of phenols is 1. The van der Waals surface area contributed by atoms with Crippen molar-refractivity contribution in [1.29, 1.82) is 0 Å². The van der Waals surface area contributed by atoms with Crippen LogP contribution in [0.3, 0.4) is 0 Å². The molecule has 3 amide bonds. The fourth-order valence-electron chi connectivity index (χ4n) is 13.1. The molecule has 20 nitrogen and oxygen atoms in total. The first kappa shape index (κ1) is 53.3. The molecule has 6 atom stereocenters. The summed E-state index contributed by atoms with van der Waals surface area (Å²) >= 11 is 0. The van der Waals surface area contributed by atoms with E-state index in [0.29, 0.717) is 65.2 Å². The SMILES string of the molecule is CCC(C)[C@H](NC(=O)[C@@H](CC(C)=O)Cc1ccc(O)cc1)C(=O)C[C@@H](CCC(N)=O)C(=O)NCc1ccc(CCC(=O)C[N+]23CC[N+]4(CC(=O)O)CC[N+]5(CC(=O)O)CC[N+](CC(=O)O)(CC2)C543)cc1. The van der Waals surface area contributed by atoms with Crippen LogP contribution in [0.1, 0.15) is 76.0 Å². The third kappa shape index (κ3) is 10.6. The summed E-state index contributed by atoms with van der Waals surface area (Å²) in [6, 6.07) is 12.6. The lowest BCUT2D eigenvalue weighted by Crippen LogP contribution is -2.86. The van der Waals surface area contributed by atoms with E-state index in [4.69, 9.17) is 5.73 Å². The highest BCUT2D eigenvalue weighted by Crippen LogP contribution is 2.62. The van der Waals surface area contributed by atoms with Gasteiger partial charge in [-0.05, 0) is 60.9 Å². The molecule has 8 N–H and O–H groups in total. The van der Waals surface area contributed by atoms with Crippen LogP contribution >= 0.6 is 0 Å². The van der Waals surface area contributed by atoms with E-state index in [0.717, 1.165) is 16.7 Å². The summed E-state index contributed by atoms with van der Waals surface area (Å²) in [4.78, 5) is 117. The lowest BCUT2D eigenvalue weighted by Gasteiger charge is -2.49. The molecule has 3 unspecified atom stereocenters. The summed E-state index contributed by atoms with van der Waals surface area (Å²) in [5.41, 5.74) is 7.74. The lowest BCUT2D eigenvalue weighted by atomic mass is 9.86. The Morgan fingerprint density at radius 3 is 1.57 bits per heavy atom. The van der Waals surface area contributed by atoms with Crippen LogP contribution in [0.15, 0.2) is 48.5 Å². The van der Waals surface area contributed by atoms with Crippen molar-refractivity contribution >= 4 is 53.0 Å². The minimum Gasteiger partial charge on any atom is -0.508 e. The summed E-state index contributed by atoms with van der Waals surface area (Å²) in [5.74, 6) is -8.59. The zero-order chi connectivity index (χ0) is 51.2. The van der Waals surface area contributed by atoms with Gasteiger partial charge in [-0.3, -0.25) is 24.0 Å². The molecule has 2 aromatic carbocycles. The fraction of sp³-hybridized carbons (Fsp3) is 0.580. The molecule has 0 aromatic heterocycles. The Hall–Kier alpha value is -6.09. The molecule has 0 radical (unpaired) electrons. The molecule has 0 saturated carbocycles. The number of nitrogens with two attached hydrogens (primary N) is 1. The van der Waals surface area contributed by atoms with Gasteiger partial charge in [0.05, 0.1) is 6.04 Å². The fourth-order valence-corrected chi connectivity index (χ4v) is 13.1. The summed E-state index contributed by atoms with van der Waals surface area (Å²) in [7, 11) is 0. The van der Waals surface area contributed by atoms with Gasteiger partial charge < -0.3 is 41.6 Å². The number of rotatable bonds is 28. The predicted octanol–water partition coefficient (Wildman–Crippen LogP) is 0.907. The second-order valence-electron chi connectivity index (χ2n) is 20.6. The average Bonchev–Trinajstić information content (AvgIpc) is 3.93. The van der Waals surface area contributed by atoms with Crippen molar-refractivity contribution in [3.8, 4) is 5.75 Å². The largest absolute Gasteiger partial charge is 0.508 e. The van der Waals surface area contributed by atoms with Gasteiger partial charge in [0, 0.05) is 44.1 Å². The van der Waals surface area contributed by atoms with Gasteiger partial charge >= 0.3 is 23.8 Å². The highest BCUT2D eigenvalue weighted by atomic mass is 16.4. The maximum Gasteiger partial charge on any atom is 0.483 e. The molecule has 4 aliphatic heterocycles.